The Hall–Kier alpha value is -3.07. The third-order valence-electron chi connectivity index (χ3n) is 4.84. The summed E-state index contributed by atoms with van der Waals surface area (Å²) in [5, 5.41) is 2.26. The molecule has 130 valence electrons. The molecule has 3 heteroatoms. The van der Waals surface area contributed by atoms with E-state index in [1.165, 1.54) is 11.1 Å². The van der Waals surface area contributed by atoms with Crippen molar-refractivity contribution in [3.8, 4) is 22.6 Å². The van der Waals surface area contributed by atoms with Gasteiger partial charge in [-0.3, -0.25) is 4.79 Å². The number of fused-ring (bicyclic) bond motifs is 2. The summed E-state index contributed by atoms with van der Waals surface area (Å²) < 4.78 is 11.5. The summed E-state index contributed by atoms with van der Waals surface area (Å²) in [6, 6.07) is 16.4. The van der Waals surface area contributed by atoms with E-state index in [1.807, 2.05) is 24.3 Å². The maximum Gasteiger partial charge on any atom is 0.157 e. The summed E-state index contributed by atoms with van der Waals surface area (Å²) in [7, 11) is 1.69. The van der Waals surface area contributed by atoms with Gasteiger partial charge in [0.25, 0.3) is 0 Å². The van der Waals surface area contributed by atoms with Gasteiger partial charge in [-0.1, -0.05) is 48.6 Å². The SMILES string of the molecule is COc1ccc2ccccc2c1-c1c(OCC=O)ccc2c1CCC=C2. The van der Waals surface area contributed by atoms with Gasteiger partial charge in [-0.05, 0) is 46.9 Å². The van der Waals surface area contributed by atoms with E-state index in [9.17, 15) is 4.79 Å². The Morgan fingerprint density at radius 2 is 1.85 bits per heavy atom. The van der Waals surface area contributed by atoms with E-state index < -0.39 is 0 Å². The van der Waals surface area contributed by atoms with E-state index in [2.05, 4.69) is 36.4 Å². The molecule has 3 nitrogen and oxygen atoms in total. The van der Waals surface area contributed by atoms with Crippen LogP contribution in [0.3, 0.4) is 0 Å². The average molecular weight is 344 g/mol. The summed E-state index contributed by atoms with van der Waals surface area (Å²) in [6.45, 7) is 0.0364. The van der Waals surface area contributed by atoms with Gasteiger partial charge in [-0.2, -0.15) is 0 Å². The van der Waals surface area contributed by atoms with Gasteiger partial charge in [0.1, 0.15) is 18.1 Å². The minimum atomic E-state index is 0.0364. The number of carbonyl (C=O) groups is 1. The first-order valence-corrected chi connectivity index (χ1v) is 8.78. The molecule has 3 aromatic carbocycles. The van der Waals surface area contributed by atoms with E-state index in [1.54, 1.807) is 7.11 Å². The number of aldehydes is 1. The minimum Gasteiger partial charge on any atom is -0.496 e. The van der Waals surface area contributed by atoms with Crippen LogP contribution in [0.25, 0.3) is 28.0 Å². The van der Waals surface area contributed by atoms with Crippen LogP contribution in [0.1, 0.15) is 17.5 Å². The molecular weight excluding hydrogens is 324 g/mol. The number of carbonyl (C=O) groups excluding carboxylic acids is 1. The summed E-state index contributed by atoms with van der Waals surface area (Å²) in [6.07, 6.45) is 7.06. The molecule has 0 aliphatic heterocycles. The van der Waals surface area contributed by atoms with Gasteiger partial charge >= 0.3 is 0 Å². The summed E-state index contributed by atoms with van der Waals surface area (Å²) >= 11 is 0. The van der Waals surface area contributed by atoms with E-state index in [0.717, 1.165) is 52.5 Å². The molecular formula is C23H20O3. The molecule has 26 heavy (non-hydrogen) atoms. The first kappa shape index (κ1) is 16.4. The Balaban J connectivity index is 2.07. The highest BCUT2D eigenvalue weighted by molar-refractivity contribution is 6.02. The Morgan fingerprint density at radius 1 is 1.00 bits per heavy atom. The third-order valence-corrected chi connectivity index (χ3v) is 4.84. The molecule has 0 aromatic heterocycles. The van der Waals surface area contributed by atoms with Crippen LogP contribution in [-0.4, -0.2) is 20.0 Å². The van der Waals surface area contributed by atoms with Crippen LogP contribution in [0.15, 0.2) is 54.6 Å². The molecule has 0 saturated carbocycles. The van der Waals surface area contributed by atoms with E-state index in [0.29, 0.717) is 0 Å². The number of benzene rings is 3. The van der Waals surface area contributed by atoms with Crippen molar-refractivity contribution in [2.45, 2.75) is 12.8 Å². The van der Waals surface area contributed by atoms with Gasteiger partial charge in [0.2, 0.25) is 0 Å². The van der Waals surface area contributed by atoms with Crippen LogP contribution >= 0.6 is 0 Å². The van der Waals surface area contributed by atoms with Gasteiger partial charge < -0.3 is 9.47 Å². The highest BCUT2D eigenvalue weighted by atomic mass is 16.5. The first-order chi connectivity index (χ1) is 12.8. The van der Waals surface area contributed by atoms with Gasteiger partial charge in [0.05, 0.1) is 7.11 Å². The van der Waals surface area contributed by atoms with Gasteiger partial charge in [0, 0.05) is 11.1 Å². The molecule has 0 unspecified atom stereocenters. The number of allylic oxidation sites excluding steroid dienone is 1. The predicted octanol–water partition coefficient (Wildman–Crippen LogP) is 5.05. The van der Waals surface area contributed by atoms with Crippen LogP contribution in [0.5, 0.6) is 11.5 Å². The Bertz CT molecular complexity index is 1000. The van der Waals surface area contributed by atoms with Crippen LogP contribution < -0.4 is 9.47 Å². The van der Waals surface area contributed by atoms with Crippen LogP contribution in [0, 0.1) is 0 Å². The number of methoxy groups -OCH3 is 1. The molecule has 0 spiro atoms. The van der Waals surface area contributed by atoms with Crippen molar-refractivity contribution in [3.05, 3.63) is 65.7 Å². The maximum atomic E-state index is 10.9. The normalized spacial score (nSPS) is 12.7. The molecule has 0 amide bonds. The second kappa shape index (κ2) is 7.04. The predicted molar refractivity (Wildman–Crippen MR) is 105 cm³/mol. The molecule has 0 saturated heterocycles. The molecule has 0 heterocycles. The van der Waals surface area contributed by atoms with Gasteiger partial charge in [0.15, 0.2) is 6.29 Å². The fourth-order valence-electron chi connectivity index (χ4n) is 3.70. The lowest BCUT2D eigenvalue weighted by Crippen LogP contribution is -2.05. The lowest BCUT2D eigenvalue weighted by Gasteiger charge is -2.22. The van der Waals surface area contributed by atoms with E-state index in [-0.39, 0.29) is 6.61 Å². The minimum absolute atomic E-state index is 0.0364. The Kier molecular flexibility index (Phi) is 4.44. The highest BCUT2D eigenvalue weighted by Crippen LogP contribution is 2.45. The number of ether oxygens (including phenoxy) is 2. The zero-order valence-corrected chi connectivity index (χ0v) is 14.7. The summed E-state index contributed by atoms with van der Waals surface area (Å²) in [5.74, 6) is 1.53. The lowest BCUT2D eigenvalue weighted by atomic mass is 9.86. The molecule has 4 rings (SSSR count). The van der Waals surface area contributed by atoms with Crippen molar-refractivity contribution in [2.24, 2.45) is 0 Å². The fourth-order valence-corrected chi connectivity index (χ4v) is 3.70. The average Bonchev–Trinajstić information content (AvgIpc) is 2.71. The summed E-state index contributed by atoms with van der Waals surface area (Å²) in [4.78, 5) is 10.9. The molecule has 1 aliphatic carbocycles. The molecule has 1 aliphatic rings. The second-order valence-electron chi connectivity index (χ2n) is 6.29. The van der Waals surface area contributed by atoms with E-state index >= 15 is 0 Å². The van der Waals surface area contributed by atoms with Crippen molar-refractivity contribution >= 4 is 23.1 Å². The number of hydrogen-bond acceptors (Lipinski definition) is 3. The topological polar surface area (TPSA) is 35.5 Å². The standard InChI is InChI=1S/C23H20O3/c1-25-20-12-10-16-6-2-4-8-18(16)22(20)23-19-9-5-3-7-17(19)11-13-21(23)26-15-14-24/h2-4,6-8,10-14H,5,9,15H2,1H3. The fraction of sp³-hybridized carbons (Fsp3) is 0.174. The number of rotatable bonds is 5. The quantitative estimate of drug-likeness (QED) is 0.607. The highest BCUT2D eigenvalue weighted by Gasteiger charge is 2.21. The monoisotopic (exact) mass is 344 g/mol. The second-order valence-corrected chi connectivity index (χ2v) is 6.29. The van der Waals surface area contributed by atoms with Crippen molar-refractivity contribution < 1.29 is 14.3 Å². The summed E-state index contributed by atoms with van der Waals surface area (Å²) in [5.41, 5.74) is 4.49. The molecule has 0 bridgehead atoms. The smallest absolute Gasteiger partial charge is 0.157 e. The van der Waals surface area contributed by atoms with Crippen molar-refractivity contribution in [3.63, 3.8) is 0 Å². The van der Waals surface area contributed by atoms with Crippen molar-refractivity contribution in [2.75, 3.05) is 13.7 Å². The van der Waals surface area contributed by atoms with Gasteiger partial charge in [-0.15, -0.1) is 0 Å². The van der Waals surface area contributed by atoms with Crippen LogP contribution in [0.2, 0.25) is 0 Å². The van der Waals surface area contributed by atoms with Crippen molar-refractivity contribution in [1.29, 1.82) is 0 Å². The first-order valence-electron chi connectivity index (χ1n) is 8.78. The molecule has 0 fully saturated rings. The Labute approximate surface area is 152 Å². The van der Waals surface area contributed by atoms with Crippen LogP contribution in [-0.2, 0) is 11.2 Å². The largest absolute Gasteiger partial charge is 0.496 e. The number of hydrogen-bond donors (Lipinski definition) is 0. The molecule has 0 N–H and O–H groups in total. The third kappa shape index (κ3) is 2.76. The molecule has 0 atom stereocenters. The zero-order valence-electron chi connectivity index (χ0n) is 14.7. The maximum absolute atomic E-state index is 10.9. The Morgan fingerprint density at radius 3 is 2.69 bits per heavy atom. The lowest BCUT2D eigenvalue weighted by molar-refractivity contribution is -0.109. The zero-order chi connectivity index (χ0) is 17.9. The van der Waals surface area contributed by atoms with Gasteiger partial charge in [-0.25, -0.2) is 0 Å². The van der Waals surface area contributed by atoms with Crippen molar-refractivity contribution in [1.82, 2.24) is 0 Å². The van der Waals surface area contributed by atoms with Crippen LogP contribution in [0.4, 0.5) is 0 Å². The van der Waals surface area contributed by atoms with E-state index in [4.69, 9.17) is 9.47 Å². The molecule has 0 radical (unpaired) electrons. The molecule has 3 aromatic rings.